The number of amides is 2. The maximum Gasteiger partial charge on any atom is 0.341 e. The van der Waals surface area contributed by atoms with Crippen LogP contribution < -0.4 is 5.73 Å². The van der Waals surface area contributed by atoms with Gasteiger partial charge in [-0.15, -0.1) is 0 Å². The van der Waals surface area contributed by atoms with E-state index in [1.54, 1.807) is 0 Å². The summed E-state index contributed by atoms with van der Waals surface area (Å²) in [5, 5.41) is 0. The van der Waals surface area contributed by atoms with Gasteiger partial charge in [0.15, 0.2) is 0 Å². The molecular formula is C12H20N2O8S. The lowest BCUT2D eigenvalue weighted by Gasteiger charge is -2.26. The number of imide groups is 1. The Morgan fingerprint density at radius 3 is 1.83 bits per heavy atom. The number of nitrogens with zero attached hydrogens (tertiary/aromatic N) is 1. The van der Waals surface area contributed by atoms with Crippen LogP contribution in [0.3, 0.4) is 0 Å². The zero-order chi connectivity index (χ0) is 18.0. The molecule has 132 valence electrons. The van der Waals surface area contributed by atoms with Crippen LogP contribution in [-0.2, 0) is 39.4 Å². The van der Waals surface area contributed by atoms with Crippen molar-refractivity contribution in [3.05, 3.63) is 0 Å². The molecule has 0 aromatic heterocycles. The normalized spacial score (nSPS) is 10.5. The number of hydrogen-bond acceptors (Lipinski definition) is 9. The first-order valence-corrected chi connectivity index (χ1v) is 8.16. The van der Waals surface area contributed by atoms with Crippen LogP contribution in [0.5, 0.6) is 0 Å². The molecule has 0 saturated carbocycles. The van der Waals surface area contributed by atoms with Gasteiger partial charge in [-0.05, 0) is 13.8 Å². The second-order valence-electron chi connectivity index (χ2n) is 4.07. The first-order valence-electron chi connectivity index (χ1n) is 6.80. The standard InChI is InChI=1S/C12H20N2O8S/c1-3-21-11(17)10(12(18)22-4-2)14(9(16)7-13)8(15)5-6-23(19)20/h10,23H,3-7,13H2,1-2H3. The summed E-state index contributed by atoms with van der Waals surface area (Å²) in [5.74, 6) is -4.92. The molecule has 0 saturated heterocycles. The maximum atomic E-state index is 12.1. The van der Waals surface area contributed by atoms with Crippen molar-refractivity contribution in [3.63, 3.8) is 0 Å². The zero-order valence-corrected chi connectivity index (χ0v) is 13.7. The lowest BCUT2D eigenvalue weighted by atomic mass is 10.2. The topological polar surface area (TPSA) is 150 Å². The van der Waals surface area contributed by atoms with E-state index in [0.29, 0.717) is 4.90 Å². The highest BCUT2D eigenvalue weighted by atomic mass is 32.2. The number of esters is 2. The van der Waals surface area contributed by atoms with Crippen molar-refractivity contribution in [2.45, 2.75) is 26.3 Å². The molecule has 0 radical (unpaired) electrons. The molecule has 0 atom stereocenters. The number of carbonyl (C=O) groups is 4. The molecule has 0 spiro atoms. The van der Waals surface area contributed by atoms with E-state index in [1.807, 2.05) is 0 Å². The quantitative estimate of drug-likeness (QED) is 0.267. The third kappa shape index (κ3) is 6.74. The van der Waals surface area contributed by atoms with Gasteiger partial charge in [-0.1, -0.05) is 0 Å². The molecule has 0 aliphatic heterocycles. The second-order valence-corrected chi connectivity index (χ2v) is 5.19. The van der Waals surface area contributed by atoms with E-state index in [4.69, 9.17) is 5.73 Å². The Kier molecular flexibility index (Phi) is 9.74. The Balaban J connectivity index is 5.61. The summed E-state index contributed by atoms with van der Waals surface area (Å²) in [6, 6.07) is -1.96. The molecule has 23 heavy (non-hydrogen) atoms. The van der Waals surface area contributed by atoms with Crippen LogP contribution in [0.15, 0.2) is 0 Å². The van der Waals surface area contributed by atoms with Gasteiger partial charge in [-0.2, -0.15) is 0 Å². The fourth-order valence-electron chi connectivity index (χ4n) is 1.58. The molecule has 2 N–H and O–H groups in total. The summed E-state index contributed by atoms with van der Waals surface area (Å²) >= 11 is 0. The van der Waals surface area contributed by atoms with Gasteiger partial charge in [0.25, 0.3) is 0 Å². The van der Waals surface area contributed by atoms with Crippen LogP contribution in [0.4, 0.5) is 0 Å². The van der Waals surface area contributed by atoms with Gasteiger partial charge in [-0.25, -0.2) is 18.0 Å². The largest absolute Gasteiger partial charge is 0.464 e. The van der Waals surface area contributed by atoms with Crippen molar-refractivity contribution >= 4 is 34.5 Å². The van der Waals surface area contributed by atoms with Gasteiger partial charge in [0, 0.05) is 6.42 Å². The predicted octanol–water partition coefficient (Wildman–Crippen LogP) is -2.20. The minimum atomic E-state index is -2.87. The van der Waals surface area contributed by atoms with Gasteiger partial charge < -0.3 is 15.2 Å². The summed E-state index contributed by atoms with van der Waals surface area (Å²) in [4.78, 5) is 48.1. The first kappa shape index (κ1) is 21.0. The smallest absolute Gasteiger partial charge is 0.341 e. The number of rotatable bonds is 9. The van der Waals surface area contributed by atoms with Crippen LogP contribution in [0.25, 0.3) is 0 Å². The molecule has 11 heteroatoms. The predicted molar refractivity (Wildman–Crippen MR) is 77.8 cm³/mol. The molecule has 0 aromatic rings. The van der Waals surface area contributed by atoms with E-state index in [0.717, 1.165) is 0 Å². The highest BCUT2D eigenvalue weighted by Crippen LogP contribution is 2.09. The number of ether oxygens (including phenoxy) is 2. The second kappa shape index (κ2) is 10.7. The fraction of sp³-hybridized carbons (Fsp3) is 0.667. The van der Waals surface area contributed by atoms with Gasteiger partial charge in [0.2, 0.25) is 17.9 Å². The van der Waals surface area contributed by atoms with E-state index < -0.39 is 59.2 Å². The van der Waals surface area contributed by atoms with Crippen LogP contribution in [0.2, 0.25) is 0 Å². The monoisotopic (exact) mass is 352 g/mol. The maximum absolute atomic E-state index is 12.1. The third-order valence-electron chi connectivity index (χ3n) is 2.50. The first-order chi connectivity index (χ1) is 10.8. The van der Waals surface area contributed by atoms with Crippen molar-refractivity contribution in [1.29, 1.82) is 0 Å². The molecule has 0 unspecified atom stereocenters. The van der Waals surface area contributed by atoms with E-state index in [1.165, 1.54) is 13.8 Å². The molecule has 0 aliphatic rings. The minimum Gasteiger partial charge on any atom is -0.464 e. The third-order valence-corrected chi connectivity index (χ3v) is 3.09. The van der Waals surface area contributed by atoms with E-state index >= 15 is 0 Å². The molecular weight excluding hydrogens is 332 g/mol. The summed E-state index contributed by atoms with van der Waals surface area (Å²) in [5.41, 5.74) is 5.19. The zero-order valence-electron chi connectivity index (χ0n) is 12.9. The minimum absolute atomic E-state index is 0.0972. The molecule has 0 rings (SSSR count). The highest BCUT2D eigenvalue weighted by Gasteiger charge is 2.41. The van der Waals surface area contributed by atoms with E-state index in [2.05, 4.69) is 9.47 Å². The van der Waals surface area contributed by atoms with Crippen molar-refractivity contribution in [2.75, 3.05) is 25.5 Å². The highest BCUT2D eigenvalue weighted by molar-refractivity contribution is 7.72. The molecule has 0 aromatic carbocycles. The molecule has 0 heterocycles. The lowest BCUT2D eigenvalue weighted by Crippen LogP contribution is -2.55. The number of nitrogens with two attached hydrogens (primary N) is 1. The molecule has 10 nitrogen and oxygen atoms in total. The van der Waals surface area contributed by atoms with Crippen molar-refractivity contribution in [3.8, 4) is 0 Å². The molecule has 0 aliphatic carbocycles. The summed E-state index contributed by atoms with van der Waals surface area (Å²) in [6.45, 7) is 2.09. The van der Waals surface area contributed by atoms with Gasteiger partial charge in [-0.3, -0.25) is 14.5 Å². The summed E-state index contributed by atoms with van der Waals surface area (Å²) in [7, 11) is -2.87. The number of carbonyl (C=O) groups excluding carboxylic acids is 4. The SMILES string of the molecule is CCOC(=O)C(C(=O)OCC)N(C(=O)CN)C(=O)CC[SH](=O)=O. The Labute approximate surface area is 134 Å². The van der Waals surface area contributed by atoms with Crippen LogP contribution in [-0.4, -0.2) is 68.6 Å². The lowest BCUT2D eigenvalue weighted by molar-refractivity contribution is -0.171. The Bertz CT molecular complexity index is 505. The number of thiol groups is 1. The van der Waals surface area contributed by atoms with Crippen LogP contribution in [0, 0.1) is 0 Å². The molecule has 0 fully saturated rings. The summed E-state index contributed by atoms with van der Waals surface area (Å²) < 4.78 is 30.5. The van der Waals surface area contributed by atoms with Crippen molar-refractivity contribution < 1.29 is 37.1 Å². The van der Waals surface area contributed by atoms with Gasteiger partial charge >= 0.3 is 11.9 Å². The molecule has 2 amide bonds. The van der Waals surface area contributed by atoms with Crippen LogP contribution >= 0.6 is 0 Å². The average molecular weight is 352 g/mol. The van der Waals surface area contributed by atoms with Crippen LogP contribution in [0.1, 0.15) is 20.3 Å². The Morgan fingerprint density at radius 1 is 1.00 bits per heavy atom. The van der Waals surface area contributed by atoms with Crippen molar-refractivity contribution in [1.82, 2.24) is 4.90 Å². The molecule has 0 bridgehead atoms. The van der Waals surface area contributed by atoms with E-state index in [-0.39, 0.29) is 13.2 Å². The van der Waals surface area contributed by atoms with Gasteiger partial charge in [0.05, 0.1) is 25.5 Å². The summed E-state index contributed by atoms with van der Waals surface area (Å²) in [6.07, 6.45) is -0.584. The Hall–Kier alpha value is -2.01. The number of hydrogen-bond donors (Lipinski definition) is 2. The van der Waals surface area contributed by atoms with Gasteiger partial charge in [0.1, 0.15) is 10.7 Å². The van der Waals surface area contributed by atoms with E-state index in [9.17, 15) is 27.6 Å². The Morgan fingerprint density at radius 2 is 1.48 bits per heavy atom. The fourth-order valence-corrected chi connectivity index (χ4v) is 1.96. The van der Waals surface area contributed by atoms with Crippen molar-refractivity contribution in [2.24, 2.45) is 5.73 Å². The average Bonchev–Trinajstić information content (AvgIpc) is 2.49.